The highest BCUT2D eigenvalue weighted by Crippen LogP contribution is 2.43. The first kappa shape index (κ1) is 12.3. The van der Waals surface area contributed by atoms with Gasteiger partial charge in [-0.15, -0.1) is 12.4 Å². The lowest BCUT2D eigenvalue weighted by Gasteiger charge is -2.42. The summed E-state index contributed by atoms with van der Waals surface area (Å²) in [6.45, 7) is 2.47. The average molecular weight is 220 g/mol. The molecule has 0 aromatic carbocycles. The van der Waals surface area contributed by atoms with E-state index >= 15 is 0 Å². The van der Waals surface area contributed by atoms with E-state index < -0.39 is 0 Å². The van der Waals surface area contributed by atoms with Gasteiger partial charge in [0, 0.05) is 7.11 Å². The predicted octanol–water partition coefficient (Wildman–Crippen LogP) is 2.37. The summed E-state index contributed by atoms with van der Waals surface area (Å²) in [7, 11) is 1.85. The van der Waals surface area contributed by atoms with Gasteiger partial charge in [-0.3, -0.25) is 0 Å². The monoisotopic (exact) mass is 219 g/mol. The van der Waals surface area contributed by atoms with E-state index in [0.29, 0.717) is 11.5 Å². The maximum atomic E-state index is 5.41. The lowest BCUT2D eigenvalue weighted by atomic mass is 9.68. The minimum Gasteiger partial charge on any atom is -0.381 e. The van der Waals surface area contributed by atoms with Gasteiger partial charge in [-0.25, -0.2) is 0 Å². The van der Waals surface area contributed by atoms with Crippen LogP contribution < -0.4 is 5.32 Å². The van der Waals surface area contributed by atoms with Gasteiger partial charge in [-0.2, -0.15) is 0 Å². The zero-order chi connectivity index (χ0) is 9.15. The van der Waals surface area contributed by atoms with Crippen LogP contribution in [0.3, 0.4) is 0 Å². The number of ether oxygens (including phenoxy) is 1. The second-order valence-corrected chi connectivity index (χ2v) is 4.69. The lowest BCUT2D eigenvalue weighted by molar-refractivity contribution is 0.0145. The summed E-state index contributed by atoms with van der Waals surface area (Å²) in [6.07, 6.45) is 8.71. The highest BCUT2D eigenvalue weighted by molar-refractivity contribution is 5.85. The van der Waals surface area contributed by atoms with Crippen molar-refractivity contribution in [2.75, 3.05) is 20.2 Å². The third-order valence-electron chi connectivity index (χ3n) is 3.99. The zero-order valence-electron chi connectivity index (χ0n) is 9.05. The third-order valence-corrected chi connectivity index (χ3v) is 3.99. The molecular formula is C11H22ClNO. The fourth-order valence-electron chi connectivity index (χ4n) is 2.90. The molecule has 1 spiro atoms. The fourth-order valence-corrected chi connectivity index (χ4v) is 2.90. The van der Waals surface area contributed by atoms with Crippen molar-refractivity contribution in [2.45, 2.75) is 44.6 Å². The lowest BCUT2D eigenvalue weighted by Crippen LogP contribution is -2.40. The molecule has 0 bridgehead atoms. The molecule has 14 heavy (non-hydrogen) atoms. The van der Waals surface area contributed by atoms with Gasteiger partial charge in [0.15, 0.2) is 0 Å². The van der Waals surface area contributed by atoms with E-state index in [-0.39, 0.29) is 12.4 Å². The molecule has 0 aromatic heterocycles. The topological polar surface area (TPSA) is 21.3 Å². The van der Waals surface area contributed by atoms with Crippen LogP contribution in [0.4, 0.5) is 0 Å². The van der Waals surface area contributed by atoms with Gasteiger partial charge >= 0.3 is 0 Å². The van der Waals surface area contributed by atoms with Gasteiger partial charge in [0.1, 0.15) is 0 Å². The summed E-state index contributed by atoms with van der Waals surface area (Å²) in [4.78, 5) is 0. The molecular weight excluding hydrogens is 198 g/mol. The van der Waals surface area contributed by atoms with Crippen LogP contribution in [0.1, 0.15) is 38.5 Å². The predicted molar refractivity (Wildman–Crippen MR) is 61.0 cm³/mol. The Morgan fingerprint density at radius 3 is 2.14 bits per heavy atom. The summed E-state index contributed by atoms with van der Waals surface area (Å²) in [5, 5.41) is 3.45. The van der Waals surface area contributed by atoms with Crippen molar-refractivity contribution in [3.05, 3.63) is 0 Å². The molecule has 1 aliphatic heterocycles. The number of hydrogen-bond acceptors (Lipinski definition) is 2. The van der Waals surface area contributed by atoms with E-state index in [1.54, 1.807) is 0 Å². The molecule has 0 atom stereocenters. The van der Waals surface area contributed by atoms with Crippen molar-refractivity contribution < 1.29 is 4.74 Å². The van der Waals surface area contributed by atoms with E-state index in [1.165, 1.54) is 51.6 Å². The summed E-state index contributed by atoms with van der Waals surface area (Å²) in [6, 6.07) is 0. The van der Waals surface area contributed by atoms with Crippen LogP contribution in [0.5, 0.6) is 0 Å². The SMILES string of the molecule is COC1CCC2(CCNCC2)CC1.Cl. The molecule has 2 rings (SSSR count). The van der Waals surface area contributed by atoms with Gasteiger partial charge in [-0.1, -0.05) is 0 Å². The molecule has 1 saturated heterocycles. The number of nitrogens with one attached hydrogen (secondary N) is 1. The first-order chi connectivity index (χ1) is 6.35. The minimum absolute atomic E-state index is 0. The van der Waals surface area contributed by atoms with Crippen LogP contribution in [-0.2, 0) is 4.74 Å². The Kier molecular flexibility index (Phi) is 4.68. The number of hydrogen-bond donors (Lipinski definition) is 1. The normalized spacial score (nSPS) is 27.2. The summed E-state index contributed by atoms with van der Waals surface area (Å²) in [5.41, 5.74) is 0.695. The maximum Gasteiger partial charge on any atom is 0.0571 e. The van der Waals surface area contributed by atoms with Crippen LogP contribution in [0.2, 0.25) is 0 Å². The van der Waals surface area contributed by atoms with Crippen LogP contribution in [-0.4, -0.2) is 26.3 Å². The Morgan fingerprint density at radius 1 is 1.07 bits per heavy atom. The largest absolute Gasteiger partial charge is 0.381 e. The summed E-state index contributed by atoms with van der Waals surface area (Å²) < 4.78 is 5.41. The van der Waals surface area contributed by atoms with Crippen molar-refractivity contribution >= 4 is 12.4 Å². The Bertz CT molecular complexity index is 159. The van der Waals surface area contributed by atoms with Gasteiger partial charge in [0.05, 0.1) is 6.10 Å². The maximum absolute atomic E-state index is 5.41. The highest BCUT2D eigenvalue weighted by Gasteiger charge is 2.35. The first-order valence-electron chi connectivity index (χ1n) is 5.58. The van der Waals surface area contributed by atoms with Crippen LogP contribution >= 0.6 is 12.4 Å². The van der Waals surface area contributed by atoms with E-state index in [0.717, 1.165) is 0 Å². The van der Waals surface area contributed by atoms with Crippen LogP contribution in [0.15, 0.2) is 0 Å². The molecule has 0 amide bonds. The number of halogens is 1. The van der Waals surface area contributed by atoms with Crippen molar-refractivity contribution in [3.63, 3.8) is 0 Å². The van der Waals surface area contributed by atoms with Gasteiger partial charge in [-0.05, 0) is 57.0 Å². The second kappa shape index (κ2) is 5.34. The van der Waals surface area contributed by atoms with Crippen molar-refractivity contribution in [3.8, 4) is 0 Å². The Labute approximate surface area is 93.2 Å². The Hall–Kier alpha value is 0.210. The summed E-state index contributed by atoms with van der Waals surface area (Å²) in [5.74, 6) is 0. The van der Waals surface area contributed by atoms with Gasteiger partial charge in [0.25, 0.3) is 0 Å². The van der Waals surface area contributed by atoms with Crippen molar-refractivity contribution in [1.82, 2.24) is 5.32 Å². The third kappa shape index (κ3) is 2.62. The Balaban J connectivity index is 0.000000980. The molecule has 0 aromatic rings. The molecule has 1 N–H and O–H groups in total. The number of rotatable bonds is 1. The van der Waals surface area contributed by atoms with E-state index in [4.69, 9.17) is 4.74 Å². The van der Waals surface area contributed by atoms with Crippen molar-refractivity contribution in [1.29, 1.82) is 0 Å². The molecule has 84 valence electrons. The van der Waals surface area contributed by atoms with Crippen LogP contribution in [0, 0.1) is 5.41 Å². The quantitative estimate of drug-likeness (QED) is 0.731. The summed E-state index contributed by atoms with van der Waals surface area (Å²) >= 11 is 0. The molecule has 1 aliphatic carbocycles. The Morgan fingerprint density at radius 2 is 1.64 bits per heavy atom. The fraction of sp³-hybridized carbons (Fsp3) is 1.00. The molecule has 2 fully saturated rings. The molecule has 2 nitrogen and oxygen atoms in total. The number of methoxy groups -OCH3 is 1. The van der Waals surface area contributed by atoms with Crippen molar-refractivity contribution in [2.24, 2.45) is 5.41 Å². The molecule has 3 heteroatoms. The van der Waals surface area contributed by atoms with E-state index in [1.807, 2.05) is 7.11 Å². The molecule has 1 heterocycles. The molecule has 2 aliphatic rings. The molecule has 1 saturated carbocycles. The zero-order valence-corrected chi connectivity index (χ0v) is 9.87. The standard InChI is InChI=1S/C11H21NO.ClH/c1-13-10-2-4-11(5-3-10)6-8-12-9-7-11;/h10,12H,2-9H2,1H3;1H. The molecule has 0 unspecified atom stereocenters. The van der Waals surface area contributed by atoms with Gasteiger partial charge in [0.2, 0.25) is 0 Å². The smallest absolute Gasteiger partial charge is 0.0571 e. The van der Waals surface area contributed by atoms with Gasteiger partial charge < -0.3 is 10.1 Å². The second-order valence-electron chi connectivity index (χ2n) is 4.69. The average Bonchev–Trinajstić information content (AvgIpc) is 2.20. The van der Waals surface area contributed by atoms with E-state index in [9.17, 15) is 0 Å². The first-order valence-corrected chi connectivity index (χ1v) is 5.58. The number of piperidine rings is 1. The minimum atomic E-state index is 0. The highest BCUT2D eigenvalue weighted by atomic mass is 35.5. The van der Waals surface area contributed by atoms with Crippen LogP contribution in [0.25, 0.3) is 0 Å². The molecule has 0 radical (unpaired) electrons. The van der Waals surface area contributed by atoms with E-state index in [2.05, 4.69) is 5.32 Å².